The number of aromatic amines is 1. The molecule has 78 valence electrons. The van der Waals surface area contributed by atoms with Crippen molar-refractivity contribution in [2.45, 2.75) is 19.3 Å². The van der Waals surface area contributed by atoms with E-state index >= 15 is 0 Å². The fourth-order valence-electron chi connectivity index (χ4n) is 2.26. The second-order valence-electron chi connectivity index (χ2n) is 4.76. The summed E-state index contributed by atoms with van der Waals surface area (Å²) in [7, 11) is 0. The number of hydrogen-bond acceptors (Lipinski definition) is 1. The van der Waals surface area contributed by atoms with Crippen LogP contribution in [0.3, 0.4) is 0 Å². The molecule has 0 bridgehead atoms. The summed E-state index contributed by atoms with van der Waals surface area (Å²) >= 11 is 0. The Morgan fingerprint density at radius 2 is 2.07 bits per heavy atom. The first-order valence-electron chi connectivity index (χ1n) is 5.58. The molecule has 15 heavy (non-hydrogen) atoms. The van der Waals surface area contributed by atoms with Crippen molar-refractivity contribution in [2.24, 2.45) is 11.1 Å². The van der Waals surface area contributed by atoms with Crippen LogP contribution in [0.5, 0.6) is 0 Å². The predicted octanol–water partition coefficient (Wildman–Crippen LogP) is 2.45. The first-order chi connectivity index (χ1) is 7.31. The summed E-state index contributed by atoms with van der Waals surface area (Å²) in [5.41, 5.74) is 8.78. The Morgan fingerprint density at radius 3 is 2.73 bits per heavy atom. The molecule has 3 N–H and O–H groups in total. The van der Waals surface area contributed by atoms with Gasteiger partial charge >= 0.3 is 0 Å². The zero-order chi connectivity index (χ0) is 10.3. The minimum absolute atomic E-state index is 0.418. The molecule has 0 amide bonds. The van der Waals surface area contributed by atoms with E-state index in [-0.39, 0.29) is 0 Å². The molecule has 0 atom stereocenters. The van der Waals surface area contributed by atoms with Crippen LogP contribution in [-0.2, 0) is 6.42 Å². The lowest BCUT2D eigenvalue weighted by Crippen LogP contribution is -2.17. The molecular weight excluding hydrogens is 184 g/mol. The zero-order valence-corrected chi connectivity index (χ0v) is 8.79. The minimum Gasteiger partial charge on any atom is -0.358 e. The second-order valence-corrected chi connectivity index (χ2v) is 4.76. The number of H-pyrrole nitrogens is 1. The van der Waals surface area contributed by atoms with Crippen LogP contribution in [0.4, 0.5) is 0 Å². The fourth-order valence-corrected chi connectivity index (χ4v) is 2.26. The molecule has 1 aromatic heterocycles. The van der Waals surface area contributed by atoms with Gasteiger partial charge in [0.2, 0.25) is 0 Å². The molecule has 0 spiro atoms. The third-order valence-corrected chi connectivity index (χ3v) is 3.54. The van der Waals surface area contributed by atoms with E-state index in [0.29, 0.717) is 5.41 Å². The molecule has 1 heterocycles. The van der Waals surface area contributed by atoms with Gasteiger partial charge in [-0.2, -0.15) is 0 Å². The van der Waals surface area contributed by atoms with Crippen LogP contribution in [0.2, 0.25) is 0 Å². The predicted molar refractivity (Wildman–Crippen MR) is 62.7 cm³/mol. The van der Waals surface area contributed by atoms with Gasteiger partial charge in [0, 0.05) is 11.2 Å². The number of nitrogens with one attached hydrogen (secondary N) is 1. The third kappa shape index (κ3) is 1.55. The molecule has 1 fully saturated rings. The van der Waals surface area contributed by atoms with Crippen LogP contribution >= 0.6 is 0 Å². The van der Waals surface area contributed by atoms with E-state index in [4.69, 9.17) is 5.73 Å². The van der Waals surface area contributed by atoms with E-state index < -0.39 is 0 Å². The number of para-hydroxylation sites is 1. The van der Waals surface area contributed by atoms with Crippen molar-refractivity contribution in [3.8, 4) is 0 Å². The molecule has 1 saturated carbocycles. The van der Waals surface area contributed by atoms with Gasteiger partial charge in [0.25, 0.3) is 0 Å². The molecule has 0 unspecified atom stereocenters. The third-order valence-electron chi connectivity index (χ3n) is 3.54. The van der Waals surface area contributed by atoms with Crippen LogP contribution in [-0.4, -0.2) is 11.5 Å². The summed E-state index contributed by atoms with van der Waals surface area (Å²) in [4.78, 5) is 3.47. The molecule has 3 rings (SSSR count). The maximum atomic E-state index is 5.80. The molecule has 0 aliphatic heterocycles. The molecule has 0 radical (unpaired) electrons. The van der Waals surface area contributed by atoms with Crippen molar-refractivity contribution < 1.29 is 0 Å². The van der Waals surface area contributed by atoms with Crippen molar-refractivity contribution in [3.05, 3.63) is 36.0 Å². The Hall–Kier alpha value is -1.28. The maximum absolute atomic E-state index is 5.80. The van der Waals surface area contributed by atoms with Gasteiger partial charge in [0.05, 0.1) is 0 Å². The Bertz CT molecular complexity index is 447. The van der Waals surface area contributed by atoms with Gasteiger partial charge in [-0.25, -0.2) is 0 Å². The van der Waals surface area contributed by atoms with Gasteiger partial charge in [-0.15, -0.1) is 0 Å². The smallest absolute Gasteiger partial charge is 0.0456 e. The van der Waals surface area contributed by atoms with E-state index in [1.54, 1.807) is 0 Å². The average Bonchev–Trinajstić information content (AvgIpc) is 2.91. The van der Waals surface area contributed by atoms with Gasteiger partial charge in [-0.1, -0.05) is 18.2 Å². The quantitative estimate of drug-likeness (QED) is 0.785. The molecule has 2 heteroatoms. The van der Waals surface area contributed by atoms with Crippen LogP contribution < -0.4 is 5.73 Å². The van der Waals surface area contributed by atoms with Crippen LogP contribution in [0.15, 0.2) is 30.3 Å². The molecular formula is C13H16N2. The largest absolute Gasteiger partial charge is 0.358 e. The van der Waals surface area contributed by atoms with E-state index in [2.05, 4.69) is 35.3 Å². The summed E-state index contributed by atoms with van der Waals surface area (Å²) in [6.07, 6.45) is 3.69. The second kappa shape index (κ2) is 3.11. The average molecular weight is 200 g/mol. The van der Waals surface area contributed by atoms with Crippen molar-refractivity contribution >= 4 is 10.9 Å². The monoisotopic (exact) mass is 200 g/mol. The van der Waals surface area contributed by atoms with Crippen molar-refractivity contribution in [3.63, 3.8) is 0 Å². The molecule has 1 aliphatic carbocycles. The topological polar surface area (TPSA) is 41.8 Å². The number of fused-ring (bicyclic) bond motifs is 1. The Labute approximate surface area is 89.5 Å². The highest BCUT2D eigenvalue weighted by Crippen LogP contribution is 2.47. The lowest BCUT2D eigenvalue weighted by Gasteiger charge is -2.09. The molecule has 0 saturated heterocycles. The minimum atomic E-state index is 0.418. The van der Waals surface area contributed by atoms with E-state index in [1.807, 2.05) is 0 Å². The van der Waals surface area contributed by atoms with Gasteiger partial charge in [-0.3, -0.25) is 0 Å². The number of nitrogens with two attached hydrogens (primary N) is 1. The Balaban J connectivity index is 1.92. The normalized spacial score (nSPS) is 18.2. The van der Waals surface area contributed by atoms with E-state index in [0.717, 1.165) is 13.0 Å². The highest BCUT2D eigenvalue weighted by atomic mass is 14.7. The van der Waals surface area contributed by atoms with Gasteiger partial charge in [0.15, 0.2) is 0 Å². The summed E-state index contributed by atoms with van der Waals surface area (Å²) in [6, 6.07) is 10.7. The van der Waals surface area contributed by atoms with Crippen molar-refractivity contribution in [2.75, 3.05) is 6.54 Å². The van der Waals surface area contributed by atoms with Crippen LogP contribution in [0.1, 0.15) is 18.5 Å². The Kier molecular flexibility index (Phi) is 1.86. The van der Waals surface area contributed by atoms with Crippen LogP contribution in [0, 0.1) is 5.41 Å². The lowest BCUT2D eigenvalue weighted by atomic mass is 10.0. The SMILES string of the molecule is NCC1(Cc2cc3ccccc3[nH]2)CC1. The Morgan fingerprint density at radius 1 is 1.27 bits per heavy atom. The first kappa shape index (κ1) is 8.98. The van der Waals surface area contributed by atoms with Crippen LogP contribution in [0.25, 0.3) is 10.9 Å². The molecule has 2 aromatic rings. The summed E-state index contributed by atoms with van der Waals surface area (Å²) in [5.74, 6) is 0. The highest BCUT2D eigenvalue weighted by Gasteiger charge is 2.41. The standard InChI is InChI=1S/C13H16N2/c14-9-13(5-6-13)8-11-7-10-3-1-2-4-12(10)15-11/h1-4,7,15H,5-6,8-9,14H2. The lowest BCUT2D eigenvalue weighted by molar-refractivity contribution is 0.516. The first-order valence-corrected chi connectivity index (χ1v) is 5.58. The van der Waals surface area contributed by atoms with E-state index in [1.165, 1.54) is 29.4 Å². The number of rotatable bonds is 3. The summed E-state index contributed by atoms with van der Waals surface area (Å²) < 4.78 is 0. The fraction of sp³-hybridized carbons (Fsp3) is 0.385. The molecule has 2 nitrogen and oxygen atoms in total. The van der Waals surface area contributed by atoms with Gasteiger partial charge in [-0.05, 0) is 48.7 Å². The number of aromatic nitrogens is 1. The molecule has 1 aromatic carbocycles. The number of hydrogen-bond donors (Lipinski definition) is 2. The van der Waals surface area contributed by atoms with Crippen molar-refractivity contribution in [1.29, 1.82) is 0 Å². The number of benzene rings is 1. The van der Waals surface area contributed by atoms with Crippen molar-refractivity contribution in [1.82, 2.24) is 4.98 Å². The van der Waals surface area contributed by atoms with Gasteiger partial charge in [0.1, 0.15) is 0 Å². The van der Waals surface area contributed by atoms with E-state index in [9.17, 15) is 0 Å². The molecule has 1 aliphatic rings. The maximum Gasteiger partial charge on any atom is 0.0456 e. The summed E-state index contributed by atoms with van der Waals surface area (Å²) in [5, 5.41) is 1.31. The highest BCUT2D eigenvalue weighted by molar-refractivity contribution is 5.80. The summed E-state index contributed by atoms with van der Waals surface area (Å²) in [6.45, 7) is 0.822. The van der Waals surface area contributed by atoms with Gasteiger partial charge < -0.3 is 10.7 Å². The zero-order valence-electron chi connectivity index (χ0n) is 8.79.